The highest BCUT2D eigenvalue weighted by atomic mass is 32.2. The van der Waals surface area contributed by atoms with Crippen LogP contribution >= 0.6 is 0 Å². The van der Waals surface area contributed by atoms with Crippen molar-refractivity contribution in [3.63, 3.8) is 0 Å². The van der Waals surface area contributed by atoms with Gasteiger partial charge in [-0.15, -0.1) is 0 Å². The van der Waals surface area contributed by atoms with E-state index in [0.717, 1.165) is 12.0 Å². The van der Waals surface area contributed by atoms with Gasteiger partial charge in [-0.3, -0.25) is 0 Å². The Kier molecular flexibility index (Phi) is 5.04. The molecule has 0 amide bonds. The standard InChI is InChI=1S/C17H21NO5S2/c1-2-13-5-7-15(8-6-13)25(21,22)17-12-24(19,20)11-16(17)18-10-14-4-3-9-23-14/h3-9,16-18H,2,10-12H2,1H3/t16-,17-/m1/s1. The van der Waals surface area contributed by atoms with Crippen molar-refractivity contribution >= 4 is 19.7 Å². The second-order valence-electron chi connectivity index (χ2n) is 6.22. The molecule has 0 spiro atoms. The van der Waals surface area contributed by atoms with Crippen molar-refractivity contribution in [3.05, 3.63) is 54.0 Å². The van der Waals surface area contributed by atoms with E-state index in [4.69, 9.17) is 4.42 Å². The first-order valence-electron chi connectivity index (χ1n) is 8.11. The summed E-state index contributed by atoms with van der Waals surface area (Å²) in [5.41, 5.74) is 1.03. The third-order valence-corrected chi connectivity index (χ3v) is 8.64. The van der Waals surface area contributed by atoms with Gasteiger partial charge in [0.25, 0.3) is 0 Å². The maximum Gasteiger partial charge on any atom is 0.183 e. The largest absolute Gasteiger partial charge is 0.468 e. The number of nitrogens with one attached hydrogen (secondary N) is 1. The van der Waals surface area contributed by atoms with Crippen molar-refractivity contribution in [3.8, 4) is 0 Å². The molecule has 1 N–H and O–H groups in total. The van der Waals surface area contributed by atoms with Gasteiger partial charge < -0.3 is 9.73 Å². The molecule has 3 rings (SSSR count). The average Bonchev–Trinajstić information content (AvgIpc) is 3.20. The minimum Gasteiger partial charge on any atom is -0.468 e. The highest BCUT2D eigenvalue weighted by Crippen LogP contribution is 2.26. The lowest BCUT2D eigenvalue weighted by atomic mass is 10.2. The summed E-state index contributed by atoms with van der Waals surface area (Å²) in [5.74, 6) is 0.0819. The number of sulfone groups is 2. The van der Waals surface area contributed by atoms with Crippen LogP contribution in [0.4, 0.5) is 0 Å². The Hall–Kier alpha value is -1.64. The highest BCUT2D eigenvalue weighted by molar-refractivity contribution is 7.96. The van der Waals surface area contributed by atoms with E-state index in [0.29, 0.717) is 5.76 Å². The fourth-order valence-electron chi connectivity index (χ4n) is 3.05. The van der Waals surface area contributed by atoms with Crippen LogP contribution in [0.15, 0.2) is 52.0 Å². The molecule has 0 radical (unpaired) electrons. The third kappa shape index (κ3) is 3.96. The van der Waals surface area contributed by atoms with Crippen molar-refractivity contribution in [1.82, 2.24) is 5.32 Å². The summed E-state index contributed by atoms with van der Waals surface area (Å²) in [6, 6.07) is 9.47. The minimum atomic E-state index is -3.75. The first-order chi connectivity index (χ1) is 11.8. The number of hydrogen-bond acceptors (Lipinski definition) is 6. The quantitative estimate of drug-likeness (QED) is 0.814. The van der Waals surface area contributed by atoms with Gasteiger partial charge in [-0.25, -0.2) is 16.8 Å². The molecular formula is C17H21NO5S2. The summed E-state index contributed by atoms with van der Waals surface area (Å²) >= 11 is 0. The van der Waals surface area contributed by atoms with Crippen LogP contribution in [0.5, 0.6) is 0 Å². The zero-order chi connectivity index (χ0) is 18.1. The normalized spacial score (nSPS) is 22.9. The molecule has 0 saturated carbocycles. The Morgan fingerprint density at radius 1 is 1.16 bits per heavy atom. The van der Waals surface area contributed by atoms with E-state index < -0.39 is 31.0 Å². The van der Waals surface area contributed by atoms with Gasteiger partial charge in [-0.2, -0.15) is 0 Å². The average molecular weight is 383 g/mol. The van der Waals surface area contributed by atoms with E-state index in [2.05, 4.69) is 5.32 Å². The first kappa shape index (κ1) is 18.2. The summed E-state index contributed by atoms with van der Waals surface area (Å²) < 4.78 is 55.3. The number of aryl methyl sites for hydroxylation is 1. The lowest BCUT2D eigenvalue weighted by molar-refractivity contribution is 0.454. The van der Waals surface area contributed by atoms with Crippen LogP contribution in [-0.2, 0) is 32.6 Å². The van der Waals surface area contributed by atoms with Gasteiger partial charge >= 0.3 is 0 Å². The van der Waals surface area contributed by atoms with E-state index in [1.165, 1.54) is 6.26 Å². The lowest BCUT2D eigenvalue weighted by Crippen LogP contribution is -2.42. The van der Waals surface area contributed by atoms with Crippen LogP contribution in [0.25, 0.3) is 0 Å². The van der Waals surface area contributed by atoms with E-state index in [1.54, 1.807) is 36.4 Å². The third-order valence-electron chi connectivity index (χ3n) is 4.48. The van der Waals surface area contributed by atoms with Crippen LogP contribution in [0, 0.1) is 0 Å². The minimum absolute atomic E-state index is 0.164. The molecule has 0 aliphatic carbocycles. The molecule has 1 saturated heterocycles. The molecule has 0 unspecified atom stereocenters. The van der Waals surface area contributed by atoms with Crippen LogP contribution in [-0.4, -0.2) is 39.6 Å². The van der Waals surface area contributed by atoms with Crippen molar-refractivity contribution in [2.75, 3.05) is 11.5 Å². The Morgan fingerprint density at radius 2 is 1.88 bits per heavy atom. The summed E-state index contributed by atoms with van der Waals surface area (Å²) in [4.78, 5) is 0.164. The van der Waals surface area contributed by atoms with Crippen molar-refractivity contribution in [2.24, 2.45) is 0 Å². The molecule has 2 aromatic rings. The van der Waals surface area contributed by atoms with Gasteiger partial charge in [-0.1, -0.05) is 19.1 Å². The fraction of sp³-hybridized carbons (Fsp3) is 0.412. The molecule has 1 fully saturated rings. The monoisotopic (exact) mass is 383 g/mol. The Bertz CT molecular complexity index is 916. The molecule has 136 valence electrons. The summed E-state index contributed by atoms with van der Waals surface area (Å²) in [5, 5.41) is 2.04. The molecule has 1 aromatic carbocycles. The van der Waals surface area contributed by atoms with E-state index in [1.807, 2.05) is 6.92 Å². The summed E-state index contributed by atoms with van der Waals surface area (Å²) in [6.07, 6.45) is 2.33. The Labute approximate surface area is 148 Å². The highest BCUT2D eigenvalue weighted by Gasteiger charge is 2.45. The van der Waals surface area contributed by atoms with Crippen molar-refractivity contribution < 1.29 is 21.3 Å². The Morgan fingerprint density at radius 3 is 2.48 bits per heavy atom. The number of rotatable bonds is 6. The predicted molar refractivity (Wildman–Crippen MR) is 94.8 cm³/mol. The van der Waals surface area contributed by atoms with Crippen molar-refractivity contribution in [2.45, 2.75) is 36.1 Å². The van der Waals surface area contributed by atoms with E-state index in [-0.39, 0.29) is 22.9 Å². The molecule has 25 heavy (non-hydrogen) atoms. The van der Waals surface area contributed by atoms with Crippen LogP contribution in [0.2, 0.25) is 0 Å². The fourth-order valence-corrected chi connectivity index (χ4v) is 7.76. The molecule has 1 aromatic heterocycles. The molecule has 6 nitrogen and oxygen atoms in total. The second-order valence-corrected chi connectivity index (χ2v) is 10.5. The van der Waals surface area contributed by atoms with Gasteiger partial charge in [0.05, 0.1) is 34.5 Å². The zero-order valence-corrected chi connectivity index (χ0v) is 15.5. The van der Waals surface area contributed by atoms with Crippen molar-refractivity contribution in [1.29, 1.82) is 0 Å². The SMILES string of the molecule is CCc1ccc(S(=O)(=O)[C@@H]2CS(=O)(=O)C[C@H]2NCc2ccco2)cc1. The molecule has 2 atom stereocenters. The lowest BCUT2D eigenvalue weighted by Gasteiger charge is -2.19. The predicted octanol–water partition coefficient (Wildman–Crippen LogP) is 1.57. The maximum absolute atomic E-state index is 13.0. The first-order valence-corrected chi connectivity index (χ1v) is 11.5. The maximum atomic E-state index is 13.0. The topological polar surface area (TPSA) is 93.5 Å². The molecular weight excluding hydrogens is 362 g/mol. The van der Waals surface area contributed by atoms with Gasteiger partial charge in [0.1, 0.15) is 5.76 Å². The number of hydrogen-bond donors (Lipinski definition) is 1. The van der Waals surface area contributed by atoms with Crippen LogP contribution < -0.4 is 5.32 Å². The van der Waals surface area contributed by atoms with E-state index >= 15 is 0 Å². The van der Waals surface area contributed by atoms with Gasteiger partial charge in [0, 0.05) is 6.04 Å². The smallest absolute Gasteiger partial charge is 0.183 e. The van der Waals surface area contributed by atoms with Gasteiger partial charge in [0.15, 0.2) is 19.7 Å². The van der Waals surface area contributed by atoms with Crippen LogP contribution in [0.1, 0.15) is 18.2 Å². The van der Waals surface area contributed by atoms with E-state index in [9.17, 15) is 16.8 Å². The molecule has 1 aliphatic heterocycles. The molecule has 2 heterocycles. The zero-order valence-electron chi connectivity index (χ0n) is 13.9. The summed E-state index contributed by atoms with van der Waals surface area (Å²) in [6.45, 7) is 2.27. The summed E-state index contributed by atoms with van der Waals surface area (Å²) in [7, 11) is -7.16. The molecule has 1 aliphatic rings. The van der Waals surface area contributed by atoms with Gasteiger partial charge in [-0.05, 0) is 36.2 Å². The number of benzene rings is 1. The molecule has 0 bridgehead atoms. The number of furan rings is 1. The Balaban J connectivity index is 1.85. The van der Waals surface area contributed by atoms with Crippen LogP contribution in [0.3, 0.4) is 0 Å². The van der Waals surface area contributed by atoms with Gasteiger partial charge in [0.2, 0.25) is 0 Å². The molecule has 8 heteroatoms. The second kappa shape index (κ2) is 6.93.